The van der Waals surface area contributed by atoms with Gasteiger partial charge in [0.05, 0.1) is 18.8 Å². The normalized spacial score (nSPS) is 20.6. The van der Waals surface area contributed by atoms with Crippen molar-refractivity contribution >= 4 is 11.6 Å². The number of benzene rings is 1. The number of hydrogen-bond donors (Lipinski definition) is 1. The molecule has 0 aliphatic carbocycles. The van der Waals surface area contributed by atoms with Crippen LogP contribution >= 0.6 is 0 Å². The number of nitrogens with one attached hydrogen (secondary N) is 1. The summed E-state index contributed by atoms with van der Waals surface area (Å²) in [6.45, 7) is 3.71. The van der Waals surface area contributed by atoms with Crippen LogP contribution in [0.3, 0.4) is 0 Å². The molecule has 0 radical (unpaired) electrons. The average molecular weight is 342 g/mol. The van der Waals surface area contributed by atoms with E-state index in [0.717, 1.165) is 49.0 Å². The zero-order valence-electron chi connectivity index (χ0n) is 14.5. The molecule has 1 amide bonds. The maximum atomic E-state index is 12.5. The highest BCUT2D eigenvalue weighted by atomic mass is 16.5. The maximum absolute atomic E-state index is 12.5. The van der Waals surface area contributed by atoms with Crippen LogP contribution in [0.15, 0.2) is 24.5 Å². The van der Waals surface area contributed by atoms with Crippen LogP contribution in [0.5, 0.6) is 5.75 Å². The van der Waals surface area contributed by atoms with Gasteiger partial charge >= 0.3 is 0 Å². The third-order valence-electron chi connectivity index (χ3n) is 4.86. The van der Waals surface area contributed by atoms with E-state index in [9.17, 15) is 4.79 Å². The van der Waals surface area contributed by atoms with Gasteiger partial charge in [0.1, 0.15) is 30.5 Å². The van der Waals surface area contributed by atoms with Gasteiger partial charge in [-0.25, -0.2) is 9.67 Å². The van der Waals surface area contributed by atoms with Crippen molar-refractivity contribution in [2.45, 2.75) is 25.7 Å². The molecule has 0 fully saturated rings. The average Bonchev–Trinajstić information content (AvgIpc) is 3.05. The van der Waals surface area contributed by atoms with E-state index in [0.29, 0.717) is 6.61 Å². The number of amides is 1. The van der Waals surface area contributed by atoms with Crippen molar-refractivity contribution in [3.05, 3.63) is 35.9 Å². The lowest BCUT2D eigenvalue weighted by Crippen LogP contribution is -2.45. The van der Waals surface area contributed by atoms with Gasteiger partial charge in [-0.2, -0.15) is 5.10 Å². The quantitative estimate of drug-likeness (QED) is 0.861. The molecule has 0 spiro atoms. The van der Waals surface area contributed by atoms with Gasteiger partial charge in [-0.15, -0.1) is 0 Å². The molecule has 2 aliphatic heterocycles. The molecule has 1 aromatic carbocycles. The summed E-state index contributed by atoms with van der Waals surface area (Å²) < 4.78 is 7.76. The topological polar surface area (TPSA) is 75.5 Å². The number of nitrogens with zero attached hydrogens (tertiary/aromatic N) is 5. The monoisotopic (exact) mass is 342 g/mol. The molecule has 2 aromatic rings. The van der Waals surface area contributed by atoms with Gasteiger partial charge in [0.25, 0.3) is 0 Å². The predicted molar refractivity (Wildman–Crippen MR) is 92.3 cm³/mol. The number of ether oxygens (including phenoxy) is 1. The van der Waals surface area contributed by atoms with Gasteiger partial charge in [0.15, 0.2) is 0 Å². The Morgan fingerprint density at radius 2 is 2.24 bits per heavy atom. The first-order valence-electron chi connectivity index (χ1n) is 8.45. The minimum absolute atomic E-state index is 0.0180. The molecule has 3 heterocycles. The zero-order chi connectivity index (χ0) is 17.4. The second-order valence-electron chi connectivity index (χ2n) is 6.46. The molecule has 8 nitrogen and oxygen atoms in total. The van der Waals surface area contributed by atoms with Gasteiger partial charge in [-0.1, -0.05) is 6.07 Å². The highest BCUT2D eigenvalue weighted by Crippen LogP contribution is 2.32. The van der Waals surface area contributed by atoms with Crippen molar-refractivity contribution in [1.29, 1.82) is 0 Å². The Hall–Kier alpha value is -2.45. The van der Waals surface area contributed by atoms with E-state index in [1.165, 1.54) is 0 Å². The molecule has 1 unspecified atom stereocenters. The Bertz CT molecular complexity index is 789. The zero-order valence-corrected chi connectivity index (χ0v) is 14.5. The van der Waals surface area contributed by atoms with E-state index in [2.05, 4.69) is 26.4 Å². The molecule has 2 aliphatic rings. The lowest BCUT2D eigenvalue weighted by atomic mass is 10.1. The van der Waals surface area contributed by atoms with Gasteiger partial charge < -0.3 is 15.0 Å². The van der Waals surface area contributed by atoms with E-state index in [1.807, 2.05) is 16.8 Å². The van der Waals surface area contributed by atoms with Crippen molar-refractivity contribution in [3.8, 4) is 5.75 Å². The van der Waals surface area contributed by atoms with Crippen molar-refractivity contribution < 1.29 is 9.53 Å². The van der Waals surface area contributed by atoms with Crippen LogP contribution in [0.1, 0.15) is 11.4 Å². The molecule has 0 saturated heterocycles. The fraction of sp³-hybridized carbons (Fsp3) is 0.471. The highest BCUT2D eigenvalue weighted by molar-refractivity contribution is 5.98. The number of carbonyl (C=O) groups is 1. The van der Waals surface area contributed by atoms with E-state index in [-0.39, 0.29) is 11.9 Å². The summed E-state index contributed by atoms with van der Waals surface area (Å²) in [5, 5.41) is 7.22. The first-order chi connectivity index (χ1) is 12.2. The molecule has 0 saturated carbocycles. The summed E-state index contributed by atoms with van der Waals surface area (Å²) in [7, 11) is 3.57. The summed E-state index contributed by atoms with van der Waals surface area (Å²) in [6.07, 6.45) is 1.61. The third-order valence-corrected chi connectivity index (χ3v) is 4.86. The van der Waals surface area contributed by atoms with E-state index in [4.69, 9.17) is 4.74 Å². The lowest BCUT2D eigenvalue weighted by molar-refractivity contribution is -0.120. The smallest absolute Gasteiger partial charge is 0.247 e. The van der Waals surface area contributed by atoms with Crippen LogP contribution in [0, 0.1) is 0 Å². The minimum Gasteiger partial charge on any atom is -0.489 e. The van der Waals surface area contributed by atoms with E-state index >= 15 is 0 Å². The molecule has 4 rings (SSSR count). The van der Waals surface area contributed by atoms with Crippen LogP contribution in [0.2, 0.25) is 0 Å². The number of hydrogen-bond acceptors (Lipinski definition) is 6. The van der Waals surface area contributed by atoms with E-state index < -0.39 is 0 Å². The summed E-state index contributed by atoms with van der Waals surface area (Å²) in [4.78, 5) is 20.8. The van der Waals surface area contributed by atoms with Crippen molar-refractivity contribution in [2.75, 3.05) is 32.1 Å². The first kappa shape index (κ1) is 16.0. The van der Waals surface area contributed by atoms with Crippen molar-refractivity contribution in [2.24, 2.45) is 0 Å². The second kappa shape index (κ2) is 6.45. The number of aromatic nitrogens is 3. The number of likely N-dealkylation sites (N-methyl/N-ethyl adjacent to an activating group) is 2. The summed E-state index contributed by atoms with van der Waals surface area (Å²) in [5.74, 6) is 1.76. The lowest BCUT2D eigenvalue weighted by Gasteiger charge is -2.27. The molecule has 1 N–H and O–H groups in total. The summed E-state index contributed by atoms with van der Waals surface area (Å²) >= 11 is 0. The molecule has 8 heteroatoms. The SMILES string of the molecule is CNC1COc2ccc(CN3CCn4ncnc4C3)cc2N(C)C1=O. The third kappa shape index (κ3) is 2.98. The van der Waals surface area contributed by atoms with E-state index in [1.54, 1.807) is 25.3 Å². The van der Waals surface area contributed by atoms with Crippen LogP contribution in [0.25, 0.3) is 0 Å². The number of carbonyl (C=O) groups excluding carboxylic acids is 1. The predicted octanol–water partition coefficient (Wildman–Crippen LogP) is 0.237. The van der Waals surface area contributed by atoms with Gasteiger partial charge in [-0.05, 0) is 24.7 Å². The first-order valence-corrected chi connectivity index (χ1v) is 8.45. The fourth-order valence-corrected chi connectivity index (χ4v) is 3.35. The van der Waals surface area contributed by atoms with Crippen LogP contribution < -0.4 is 15.0 Å². The Morgan fingerprint density at radius 3 is 3.08 bits per heavy atom. The van der Waals surface area contributed by atoms with Gasteiger partial charge in [0, 0.05) is 20.1 Å². The van der Waals surface area contributed by atoms with Crippen LogP contribution in [-0.4, -0.2) is 58.9 Å². The second-order valence-corrected chi connectivity index (χ2v) is 6.46. The number of fused-ring (bicyclic) bond motifs is 2. The Balaban J connectivity index is 1.54. The fourth-order valence-electron chi connectivity index (χ4n) is 3.35. The van der Waals surface area contributed by atoms with Crippen molar-refractivity contribution in [3.63, 3.8) is 0 Å². The highest BCUT2D eigenvalue weighted by Gasteiger charge is 2.28. The number of rotatable bonds is 3. The molecule has 0 bridgehead atoms. The van der Waals surface area contributed by atoms with Crippen molar-refractivity contribution in [1.82, 2.24) is 25.0 Å². The standard InChI is InChI=1S/C17H22N6O2/c1-18-13-10-25-15-4-3-12(7-14(15)21(2)17(13)24)8-22-5-6-23-16(9-22)19-11-20-23/h3-4,7,11,13,18H,5-6,8-10H2,1-2H3. The minimum atomic E-state index is -0.325. The number of anilines is 1. The molecule has 25 heavy (non-hydrogen) atoms. The summed E-state index contributed by atoms with van der Waals surface area (Å²) in [6, 6.07) is 5.74. The molecule has 132 valence electrons. The van der Waals surface area contributed by atoms with Crippen LogP contribution in [0.4, 0.5) is 5.69 Å². The van der Waals surface area contributed by atoms with Gasteiger partial charge in [0.2, 0.25) is 5.91 Å². The Kier molecular flexibility index (Phi) is 4.14. The summed E-state index contributed by atoms with van der Waals surface area (Å²) in [5.41, 5.74) is 1.97. The van der Waals surface area contributed by atoms with Crippen LogP contribution in [-0.2, 0) is 24.4 Å². The maximum Gasteiger partial charge on any atom is 0.247 e. The molecule has 1 atom stereocenters. The Morgan fingerprint density at radius 1 is 1.36 bits per heavy atom. The largest absolute Gasteiger partial charge is 0.489 e. The Labute approximate surface area is 146 Å². The van der Waals surface area contributed by atoms with Gasteiger partial charge in [-0.3, -0.25) is 9.69 Å². The molecular weight excluding hydrogens is 320 g/mol. The molecule has 1 aromatic heterocycles. The molecular formula is C17H22N6O2.